The van der Waals surface area contributed by atoms with E-state index >= 15 is 0 Å². The molecular weight excluding hydrogens is 334 g/mol. The van der Waals surface area contributed by atoms with Gasteiger partial charge in [-0.25, -0.2) is 0 Å². The molecule has 3 rings (SSSR count). The van der Waals surface area contributed by atoms with Crippen LogP contribution in [0.1, 0.15) is 10.6 Å². The lowest BCUT2D eigenvalue weighted by Gasteiger charge is -2.08. The number of anilines is 1. The van der Waals surface area contributed by atoms with Crippen molar-refractivity contribution in [3.63, 3.8) is 0 Å². The second kappa shape index (κ2) is 7.98. The van der Waals surface area contributed by atoms with Crippen molar-refractivity contribution >= 4 is 17.3 Å². The third-order valence-electron chi connectivity index (χ3n) is 3.77. The van der Waals surface area contributed by atoms with Crippen LogP contribution in [0.2, 0.25) is 0 Å². The molecule has 0 saturated carbocycles. The maximum absolute atomic E-state index is 12.3. The average Bonchev–Trinajstić information content (AvgIpc) is 3.16. The molecular formula is C19H17N3O4. The molecule has 3 aromatic rings. The maximum atomic E-state index is 12.3. The van der Waals surface area contributed by atoms with Gasteiger partial charge in [-0.1, -0.05) is 30.3 Å². The zero-order chi connectivity index (χ0) is 18.4. The van der Waals surface area contributed by atoms with Gasteiger partial charge in [0.25, 0.3) is 11.6 Å². The molecule has 26 heavy (non-hydrogen) atoms. The lowest BCUT2D eigenvalue weighted by molar-refractivity contribution is -0.384. The third kappa shape index (κ3) is 4.07. The molecule has 0 fully saturated rings. The van der Waals surface area contributed by atoms with Crippen LogP contribution in [0.15, 0.2) is 71.3 Å². The second-order valence-corrected chi connectivity index (χ2v) is 5.52. The van der Waals surface area contributed by atoms with Gasteiger partial charge < -0.3 is 15.1 Å². The minimum absolute atomic E-state index is 0.0371. The molecule has 0 bridgehead atoms. The lowest BCUT2D eigenvalue weighted by Crippen LogP contribution is -2.28. The molecule has 0 atom stereocenters. The molecule has 1 aromatic heterocycles. The number of nitro groups is 1. The number of carbonyl (C=O) groups excluding carboxylic acids is 1. The van der Waals surface area contributed by atoms with E-state index in [4.69, 9.17) is 4.42 Å². The predicted octanol–water partition coefficient (Wildman–Crippen LogP) is 3.70. The number of hydrogen-bond donors (Lipinski definition) is 2. The van der Waals surface area contributed by atoms with Crippen LogP contribution in [0.5, 0.6) is 0 Å². The molecule has 132 valence electrons. The van der Waals surface area contributed by atoms with Crippen molar-refractivity contribution in [3.8, 4) is 11.1 Å². The Hall–Kier alpha value is -3.61. The SMILES string of the molecule is O=C(NCCNc1ccc([N+](=O)[O-])cc1)c1occc1-c1ccccc1. The van der Waals surface area contributed by atoms with Crippen LogP contribution >= 0.6 is 0 Å². The lowest BCUT2D eigenvalue weighted by atomic mass is 10.1. The quantitative estimate of drug-likeness (QED) is 0.384. The molecule has 2 N–H and O–H groups in total. The molecule has 1 heterocycles. The van der Waals surface area contributed by atoms with Crippen molar-refractivity contribution in [3.05, 3.63) is 82.8 Å². The number of amides is 1. The van der Waals surface area contributed by atoms with Crippen molar-refractivity contribution < 1.29 is 14.1 Å². The number of furan rings is 1. The Labute approximate surface area is 149 Å². The summed E-state index contributed by atoms with van der Waals surface area (Å²) in [6.45, 7) is 0.857. The van der Waals surface area contributed by atoms with E-state index in [1.807, 2.05) is 30.3 Å². The van der Waals surface area contributed by atoms with Gasteiger partial charge in [0.1, 0.15) is 0 Å². The number of non-ortho nitro benzene ring substituents is 1. The Balaban J connectivity index is 1.52. The number of hydrogen-bond acceptors (Lipinski definition) is 5. The summed E-state index contributed by atoms with van der Waals surface area (Å²) >= 11 is 0. The van der Waals surface area contributed by atoms with Gasteiger partial charge in [-0.05, 0) is 23.8 Å². The number of carbonyl (C=O) groups is 1. The molecule has 0 unspecified atom stereocenters. The van der Waals surface area contributed by atoms with Gasteiger partial charge in [0.15, 0.2) is 5.76 Å². The second-order valence-electron chi connectivity index (χ2n) is 5.52. The summed E-state index contributed by atoms with van der Waals surface area (Å²) in [5.74, 6) is -0.0223. The van der Waals surface area contributed by atoms with Crippen LogP contribution in [0.3, 0.4) is 0 Å². The smallest absolute Gasteiger partial charge is 0.287 e. The molecule has 0 aliphatic carbocycles. The Kier molecular flexibility index (Phi) is 5.28. The predicted molar refractivity (Wildman–Crippen MR) is 98.1 cm³/mol. The standard InChI is InChI=1S/C19H17N3O4/c23-19(18-17(10-13-26-18)14-4-2-1-3-5-14)21-12-11-20-15-6-8-16(9-7-15)22(24)25/h1-10,13,20H,11-12H2,(H,21,23). The van der Waals surface area contributed by atoms with Gasteiger partial charge in [-0.15, -0.1) is 0 Å². The van der Waals surface area contributed by atoms with Crippen LogP contribution in [-0.2, 0) is 0 Å². The summed E-state index contributed by atoms with van der Waals surface area (Å²) in [5, 5.41) is 16.5. The molecule has 1 amide bonds. The fourth-order valence-electron chi connectivity index (χ4n) is 2.49. The number of benzene rings is 2. The highest BCUT2D eigenvalue weighted by molar-refractivity contribution is 5.98. The molecule has 0 saturated heterocycles. The van der Waals surface area contributed by atoms with E-state index in [0.29, 0.717) is 13.1 Å². The van der Waals surface area contributed by atoms with Crippen molar-refractivity contribution in [2.45, 2.75) is 0 Å². The van der Waals surface area contributed by atoms with Gasteiger partial charge >= 0.3 is 0 Å². The van der Waals surface area contributed by atoms with E-state index in [1.54, 1.807) is 18.2 Å². The monoisotopic (exact) mass is 351 g/mol. The Morgan fingerprint density at radius 1 is 1.00 bits per heavy atom. The van der Waals surface area contributed by atoms with E-state index in [1.165, 1.54) is 18.4 Å². The van der Waals surface area contributed by atoms with Gasteiger partial charge in [-0.2, -0.15) is 0 Å². The Morgan fingerprint density at radius 3 is 2.42 bits per heavy atom. The van der Waals surface area contributed by atoms with E-state index in [2.05, 4.69) is 10.6 Å². The summed E-state index contributed by atoms with van der Waals surface area (Å²) < 4.78 is 5.34. The summed E-state index contributed by atoms with van der Waals surface area (Å²) in [7, 11) is 0. The fourth-order valence-corrected chi connectivity index (χ4v) is 2.49. The minimum Gasteiger partial charge on any atom is -0.459 e. The minimum atomic E-state index is -0.447. The van der Waals surface area contributed by atoms with Crippen LogP contribution in [0.25, 0.3) is 11.1 Å². The third-order valence-corrected chi connectivity index (χ3v) is 3.77. The highest BCUT2D eigenvalue weighted by Gasteiger charge is 2.16. The summed E-state index contributed by atoms with van der Waals surface area (Å²) in [6, 6.07) is 17.4. The topological polar surface area (TPSA) is 97.4 Å². The normalized spacial score (nSPS) is 10.3. The Morgan fingerprint density at radius 2 is 1.73 bits per heavy atom. The Bertz CT molecular complexity index is 889. The number of nitrogens with one attached hydrogen (secondary N) is 2. The van der Waals surface area contributed by atoms with Gasteiger partial charge in [0.2, 0.25) is 0 Å². The molecule has 0 spiro atoms. The van der Waals surface area contributed by atoms with Gasteiger partial charge in [-0.3, -0.25) is 14.9 Å². The van der Waals surface area contributed by atoms with E-state index in [9.17, 15) is 14.9 Å². The molecule has 0 radical (unpaired) electrons. The summed E-state index contributed by atoms with van der Waals surface area (Å²) in [5.41, 5.74) is 2.43. The first kappa shape index (κ1) is 17.2. The number of rotatable bonds is 7. The first-order valence-electron chi connectivity index (χ1n) is 8.04. The van der Waals surface area contributed by atoms with Gasteiger partial charge in [0.05, 0.1) is 11.2 Å². The molecule has 2 aromatic carbocycles. The molecule has 7 heteroatoms. The van der Waals surface area contributed by atoms with Crippen LogP contribution in [0.4, 0.5) is 11.4 Å². The zero-order valence-corrected chi connectivity index (χ0v) is 13.8. The van der Waals surface area contributed by atoms with Crippen molar-refractivity contribution in [1.29, 1.82) is 0 Å². The van der Waals surface area contributed by atoms with Gasteiger partial charge in [0, 0.05) is 36.5 Å². The van der Waals surface area contributed by atoms with Crippen molar-refractivity contribution in [1.82, 2.24) is 5.32 Å². The average molecular weight is 351 g/mol. The van der Waals surface area contributed by atoms with Crippen molar-refractivity contribution in [2.24, 2.45) is 0 Å². The highest BCUT2D eigenvalue weighted by atomic mass is 16.6. The van der Waals surface area contributed by atoms with Crippen LogP contribution < -0.4 is 10.6 Å². The van der Waals surface area contributed by atoms with E-state index in [0.717, 1.165) is 16.8 Å². The largest absolute Gasteiger partial charge is 0.459 e. The maximum Gasteiger partial charge on any atom is 0.287 e. The summed E-state index contributed by atoms with van der Waals surface area (Å²) in [4.78, 5) is 22.5. The summed E-state index contributed by atoms with van der Waals surface area (Å²) in [6.07, 6.45) is 1.49. The van der Waals surface area contributed by atoms with Crippen LogP contribution in [0, 0.1) is 10.1 Å². The number of nitro benzene ring substituents is 1. The first-order chi connectivity index (χ1) is 12.6. The van der Waals surface area contributed by atoms with Crippen molar-refractivity contribution in [2.75, 3.05) is 18.4 Å². The fraction of sp³-hybridized carbons (Fsp3) is 0.105. The van der Waals surface area contributed by atoms with E-state index < -0.39 is 4.92 Å². The zero-order valence-electron chi connectivity index (χ0n) is 13.8. The molecule has 0 aliphatic rings. The highest BCUT2D eigenvalue weighted by Crippen LogP contribution is 2.24. The van der Waals surface area contributed by atoms with Crippen LogP contribution in [-0.4, -0.2) is 23.9 Å². The van der Waals surface area contributed by atoms with E-state index in [-0.39, 0.29) is 17.4 Å². The first-order valence-corrected chi connectivity index (χ1v) is 8.04. The molecule has 0 aliphatic heterocycles. The molecule has 7 nitrogen and oxygen atoms in total. The number of nitrogens with zero attached hydrogens (tertiary/aromatic N) is 1.